The quantitative estimate of drug-likeness (QED) is 0.119. The molecule has 0 saturated carbocycles. The number of Topliss-reactive ketones (excluding diaryl/α,β-unsaturated/α-hetero) is 2. The van der Waals surface area contributed by atoms with Crippen LogP contribution in [0, 0.1) is 45.3 Å². The second-order valence-electron chi connectivity index (χ2n) is 9.81. The van der Waals surface area contributed by atoms with Crippen molar-refractivity contribution >= 4 is 45.6 Å². The van der Waals surface area contributed by atoms with E-state index in [1.165, 1.54) is 11.3 Å². The molecule has 41 heavy (non-hydrogen) atoms. The molecule has 0 aliphatic rings. The second-order valence-corrected chi connectivity index (χ2v) is 12.9. The first-order chi connectivity index (χ1) is 19.9. The average Bonchev–Trinajstić information content (AvgIpc) is 3.70. The molecule has 0 aromatic carbocycles. The molecule has 210 valence electrons. The average molecular weight is 601 g/mol. The lowest BCUT2D eigenvalue weighted by atomic mass is 10.0. The molecule has 3 aromatic heterocycles. The van der Waals surface area contributed by atoms with Crippen LogP contribution < -0.4 is 0 Å². The fraction of sp³-hybridized carbons (Fsp3) is 0.438. The summed E-state index contributed by atoms with van der Waals surface area (Å²) in [5.74, 6) is -0.242. The molecule has 3 aromatic rings. The van der Waals surface area contributed by atoms with E-state index in [9.17, 15) is 30.6 Å². The van der Waals surface area contributed by atoms with E-state index in [0.29, 0.717) is 42.1 Å². The number of nitrogens with zero attached hydrogens (tertiary/aromatic N) is 4. The zero-order valence-corrected chi connectivity index (χ0v) is 25.9. The highest BCUT2D eigenvalue weighted by Crippen LogP contribution is 2.45. The Morgan fingerprint density at radius 3 is 1.27 bits per heavy atom. The van der Waals surface area contributed by atoms with Crippen molar-refractivity contribution in [3.63, 3.8) is 0 Å². The smallest absolute Gasteiger partial charge is 0.174 e. The molecule has 0 N–H and O–H groups in total. The summed E-state index contributed by atoms with van der Waals surface area (Å²) in [6.07, 6.45) is 10.7. The molecular formula is C32H32N4O2S3. The predicted octanol–water partition coefficient (Wildman–Crippen LogP) is 9.78. The molecule has 0 fully saturated rings. The van der Waals surface area contributed by atoms with Crippen LogP contribution in [0.1, 0.15) is 132 Å². The molecule has 3 heterocycles. The number of carbonyl (C=O) groups excluding carboxylic acids is 2. The molecule has 9 heteroatoms. The molecule has 0 bridgehead atoms. The number of hydrogen-bond acceptors (Lipinski definition) is 9. The third-order valence-corrected chi connectivity index (χ3v) is 10.7. The summed E-state index contributed by atoms with van der Waals surface area (Å²) < 4.78 is 0. The van der Waals surface area contributed by atoms with Gasteiger partial charge in [-0.15, -0.1) is 34.0 Å². The van der Waals surface area contributed by atoms with E-state index in [4.69, 9.17) is 0 Å². The Bertz CT molecular complexity index is 1450. The topological polar surface area (TPSA) is 129 Å². The molecule has 6 nitrogen and oxygen atoms in total. The number of unbranched alkanes of at least 4 members (excludes halogenated alkanes) is 8. The van der Waals surface area contributed by atoms with Crippen LogP contribution in [0.3, 0.4) is 0 Å². The Kier molecular flexibility index (Phi) is 12.5. The lowest BCUT2D eigenvalue weighted by Crippen LogP contribution is -1.99. The Morgan fingerprint density at radius 1 is 0.561 bits per heavy atom. The van der Waals surface area contributed by atoms with Crippen LogP contribution in [-0.2, 0) is 0 Å². The van der Waals surface area contributed by atoms with Gasteiger partial charge in [0.25, 0.3) is 0 Å². The van der Waals surface area contributed by atoms with Crippen LogP contribution in [0.4, 0.5) is 0 Å². The van der Waals surface area contributed by atoms with Crippen molar-refractivity contribution in [2.24, 2.45) is 0 Å². The highest BCUT2D eigenvalue weighted by molar-refractivity contribution is 7.27. The van der Waals surface area contributed by atoms with Gasteiger partial charge in [-0.25, -0.2) is 0 Å². The van der Waals surface area contributed by atoms with Gasteiger partial charge in [-0.05, 0) is 25.0 Å². The van der Waals surface area contributed by atoms with Gasteiger partial charge in [0.1, 0.15) is 24.3 Å². The fourth-order valence-electron chi connectivity index (χ4n) is 4.62. The molecule has 3 rings (SSSR count). The van der Waals surface area contributed by atoms with E-state index in [1.54, 1.807) is 12.1 Å². The van der Waals surface area contributed by atoms with Crippen LogP contribution in [0.15, 0.2) is 12.1 Å². The highest BCUT2D eigenvalue weighted by atomic mass is 32.1. The van der Waals surface area contributed by atoms with Crippen molar-refractivity contribution < 1.29 is 9.59 Å². The minimum atomic E-state index is -0.121. The normalized spacial score (nSPS) is 10.5. The second kappa shape index (κ2) is 16.0. The van der Waals surface area contributed by atoms with Gasteiger partial charge in [-0.3, -0.25) is 9.59 Å². The fourth-order valence-corrected chi connectivity index (χ4v) is 8.19. The number of carbonyl (C=O) groups is 2. The van der Waals surface area contributed by atoms with Gasteiger partial charge in [-0.1, -0.05) is 65.2 Å². The van der Waals surface area contributed by atoms with E-state index in [0.717, 1.165) is 86.9 Å². The van der Waals surface area contributed by atoms with Crippen molar-refractivity contribution in [2.75, 3.05) is 0 Å². The summed E-state index contributed by atoms with van der Waals surface area (Å²) in [5, 5.41) is 39.4. The zero-order valence-electron chi connectivity index (χ0n) is 23.5. The van der Waals surface area contributed by atoms with E-state index >= 15 is 0 Å². The van der Waals surface area contributed by atoms with E-state index < -0.39 is 0 Å². The van der Waals surface area contributed by atoms with Crippen molar-refractivity contribution in [1.82, 2.24) is 0 Å². The summed E-state index contributed by atoms with van der Waals surface area (Å²) >= 11 is 3.64. The van der Waals surface area contributed by atoms with Crippen LogP contribution in [0.2, 0.25) is 0 Å². The van der Waals surface area contributed by atoms with Crippen LogP contribution in [0.25, 0.3) is 19.5 Å². The Balaban J connectivity index is 1.91. The first-order valence-electron chi connectivity index (χ1n) is 14.1. The maximum absolute atomic E-state index is 13.0. The van der Waals surface area contributed by atoms with E-state index in [1.807, 2.05) is 0 Å². The lowest BCUT2D eigenvalue weighted by Gasteiger charge is -1.99. The van der Waals surface area contributed by atoms with E-state index in [-0.39, 0.29) is 33.8 Å². The summed E-state index contributed by atoms with van der Waals surface area (Å²) in [7, 11) is 0. The molecule has 0 spiro atoms. The molecular weight excluding hydrogens is 569 g/mol. The third kappa shape index (κ3) is 7.58. The maximum atomic E-state index is 13.0. The number of nitriles is 4. The van der Waals surface area contributed by atoms with Gasteiger partial charge in [0, 0.05) is 22.6 Å². The van der Waals surface area contributed by atoms with Crippen molar-refractivity contribution in [3.05, 3.63) is 44.1 Å². The van der Waals surface area contributed by atoms with Gasteiger partial charge in [0.05, 0.1) is 41.8 Å². The minimum absolute atomic E-state index is 0.119. The standard InChI is InChI=1S/C32H32N4O2S3/c1-3-5-7-9-11-13-25(37)29-21(17-33)23(19-35)31(40-29)27-15-16-28(39-27)32-24(20-36)22(18-34)30(41-32)26(38)14-12-10-8-6-4-2/h15-16H,3-14H2,1-2H3. The lowest BCUT2D eigenvalue weighted by molar-refractivity contribution is 0.0974. The van der Waals surface area contributed by atoms with Gasteiger partial charge in [0.15, 0.2) is 11.6 Å². The number of thiophene rings is 3. The summed E-state index contributed by atoms with van der Waals surface area (Å²) in [6, 6.07) is 12.0. The minimum Gasteiger partial charge on any atom is -0.293 e. The van der Waals surface area contributed by atoms with E-state index in [2.05, 4.69) is 38.1 Å². The number of hydrogen-bond donors (Lipinski definition) is 0. The Morgan fingerprint density at radius 2 is 0.927 bits per heavy atom. The van der Waals surface area contributed by atoms with Crippen LogP contribution in [0.5, 0.6) is 0 Å². The van der Waals surface area contributed by atoms with Crippen molar-refractivity contribution in [2.45, 2.75) is 90.9 Å². The molecule has 0 radical (unpaired) electrons. The SMILES string of the molecule is CCCCCCCC(=O)c1sc(-c2ccc(-c3sc(C(=O)CCCCCCC)c(C#N)c3C#N)s2)c(C#N)c1C#N. The highest BCUT2D eigenvalue weighted by Gasteiger charge is 2.27. The number of ketones is 2. The first kappa shape index (κ1) is 31.9. The first-order valence-corrected chi connectivity index (χ1v) is 16.5. The van der Waals surface area contributed by atoms with Crippen LogP contribution >= 0.6 is 34.0 Å². The third-order valence-electron chi connectivity index (χ3n) is 6.84. The van der Waals surface area contributed by atoms with Gasteiger partial charge in [-0.2, -0.15) is 21.0 Å². The molecule has 0 saturated heterocycles. The zero-order chi connectivity index (χ0) is 29.8. The molecule has 0 aliphatic heterocycles. The summed E-state index contributed by atoms with van der Waals surface area (Å²) in [6.45, 7) is 4.27. The maximum Gasteiger partial charge on any atom is 0.174 e. The number of rotatable bonds is 16. The van der Waals surface area contributed by atoms with Gasteiger partial charge in [0.2, 0.25) is 0 Å². The van der Waals surface area contributed by atoms with Gasteiger partial charge < -0.3 is 0 Å². The molecule has 0 unspecified atom stereocenters. The van der Waals surface area contributed by atoms with Crippen molar-refractivity contribution in [3.8, 4) is 43.8 Å². The Hall–Kier alpha value is -3.60. The van der Waals surface area contributed by atoms with Crippen molar-refractivity contribution in [1.29, 1.82) is 21.0 Å². The Labute approximate surface area is 254 Å². The molecule has 0 amide bonds. The summed E-state index contributed by atoms with van der Waals surface area (Å²) in [4.78, 5) is 29.1. The molecule has 0 aliphatic carbocycles. The monoisotopic (exact) mass is 600 g/mol. The molecule has 0 atom stereocenters. The summed E-state index contributed by atoms with van der Waals surface area (Å²) in [5.41, 5.74) is 0.606. The predicted molar refractivity (Wildman–Crippen MR) is 165 cm³/mol. The largest absolute Gasteiger partial charge is 0.293 e. The van der Waals surface area contributed by atoms with Gasteiger partial charge >= 0.3 is 0 Å². The van der Waals surface area contributed by atoms with Crippen LogP contribution in [-0.4, -0.2) is 11.6 Å².